The van der Waals surface area contributed by atoms with Crippen molar-refractivity contribution in [3.05, 3.63) is 41.4 Å². The lowest BCUT2D eigenvalue weighted by Gasteiger charge is -2.10. The maximum Gasteiger partial charge on any atom is 0.163 e. The fraction of sp³-hybridized carbons (Fsp3) is 0.286. The van der Waals surface area contributed by atoms with Crippen LogP contribution >= 0.6 is 11.6 Å². The van der Waals surface area contributed by atoms with Gasteiger partial charge >= 0.3 is 0 Å². The summed E-state index contributed by atoms with van der Waals surface area (Å²) in [7, 11) is 1.76. The van der Waals surface area contributed by atoms with Crippen LogP contribution < -0.4 is 0 Å². The predicted molar refractivity (Wildman–Crippen MR) is 76.9 cm³/mol. The van der Waals surface area contributed by atoms with Gasteiger partial charge in [0, 0.05) is 25.4 Å². The molecule has 0 amide bonds. The summed E-state index contributed by atoms with van der Waals surface area (Å²) in [6.07, 6.45) is 0.479. The van der Waals surface area contributed by atoms with Gasteiger partial charge in [-0.2, -0.15) is 5.10 Å². The number of rotatable bonds is 3. The predicted octanol–water partition coefficient (Wildman–Crippen LogP) is 3.13. The van der Waals surface area contributed by atoms with E-state index >= 15 is 0 Å². The van der Waals surface area contributed by atoms with Crippen LogP contribution in [0.4, 0.5) is 8.78 Å². The lowest BCUT2D eigenvalue weighted by molar-refractivity contribution is 0.576. The Bertz CT molecular complexity index is 822. The van der Waals surface area contributed by atoms with E-state index in [1.807, 2.05) is 6.92 Å². The lowest BCUT2D eigenvalue weighted by Crippen LogP contribution is -2.08. The largest absolute Gasteiger partial charge is 0.278 e. The molecule has 2 aromatic heterocycles. The maximum atomic E-state index is 14.1. The highest BCUT2D eigenvalue weighted by Crippen LogP contribution is 2.26. The zero-order valence-corrected chi connectivity index (χ0v) is 12.3. The van der Waals surface area contributed by atoms with Gasteiger partial charge in [-0.05, 0) is 19.1 Å². The SMILES string of the molecule is Cc1nn(C)c2c1nc(CCCl)n2-c1ccc(F)cc1F. The summed E-state index contributed by atoms with van der Waals surface area (Å²) in [4.78, 5) is 4.50. The average Bonchev–Trinajstić information content (AvgIpc) is 2.90. The minimum absolute atomic E-state index is 0.238. The summed E-state index contributed by atoms with van der Waals surface area (Å²) >= 11 is 5.81. The summed E-state index contributed by atoms with van der Waals surface area (Å²) in [5.41, 5.74) is 2.35. The molecular formula is C14H13ClF2N4. The molecule has 21 heavy (non-hydrogen) atoms. The smallest absolute Gasteiger partial charge is 0.163 e. The number of fused-ring (bicyclic) bond motifs is 1. The van der Waals surface area contributed by atoms with Crippen molar-refractivity contribution >= 4 is 22.8 Å². The third kappa shape index (κ3) is 2.19. The number of halogens is 3. The van der Waals surface area contributed by atoms with Crippen molar-refractivity contribution in [2.75, 3.05) is 5.88 Å². The van der Waals surface area contributed by atoms with Crippen molar-refractivity contribution in [2.45, 2.75) is 13.3 Å². The molecule has 0 spiro atoms. The van der Waals surface area contributed by atoms with Gasteiger partial charge in [-0.25, -0.2) is 18.4 Å². The molecule has 1 aromatic carbocycles. The molecule has 3 aromatic rings. The molecule has 0 N–H and O–H groups in total. The van der Waals surface area contributed by atoms with Crippen LogP contribution in [-0.2, 0) is 13.5 Å². The van der Waals surface area contributed by atoms with Crippen LogP contribution in [0.15, 0.2) is 18.2 Å². The Morgan fingerprint density at radius 2 is 2.05 bits per heavy atom. The summed E-state index contributed by atoms with van der Waals surface area (Å²) in [5, 5.41) is 4.29. The number of hydrogen-bond acceptors (Lipinski definition) is 2. The molecule has 0 radical (unpaired) electrons. The molecule has 0 fully saturated rings. The summed E-state index contributed by atoms with van der Waals surface area (Å²) in [6.45, 7) is 1.84. The zero-order chi connectivity index (χ0) is 15.1. The third-order valence-electron chi connectivity index (χ3n) is 3.34. The number of benzene rings is 1. The quantitative estimate of drug-likeness (QED) is 0.697. The number of alkyl halides is 1. The highest BCUT2D eigenvalue weighted by molar-refractivity contribution is 6.17. The molecule has 0 aliphatic carbocycles. The Hall–Kier alpha value is -1.95. The van der Waals surface area contributed by atoms with Crippen molar-refractivity contribution < 1.29 is 8.78 Å². The number of imidazole rings is 1. The maximum absolute atomic E-state index is 14.1. The number of aromatic nitrogens is 4. The third-order valence-corrected chi connectivity index (χ3v) is 3.53. The Kier molecular flexibility index (Phi) is 3.41. The van der Waals surface area contributed by atoms with Gasteiger partial charge in [-0.3, -0.25) is 4.57 Å². The van der Waals surface area contributed by atoms with Crippen LogP contribution in [0.25, 0.3) is 16.9 Å². The molecule has 110 valence electrons. The van der Waals surface area contributed by atoms with E-state index < -0.39 is 11.6 Å². The monoisotopic (exact) mass is 310 g/mol. The summed E-state index contributed by atoms with van der Waals surface area (Å²) < 4.78 is 30.6. The normalized spacial score (nSPS) is 11.5. The van der Waals surface area contributed by atoms with Gasteiger partial charge in [0.2, 0.25) is 0 Å². The first-order valence-corrected chi connectivity index (χ1v) is 6.98. The second kappa shape index (κ2) is 5.11. The minimum Gasteiger partial charge on any atom is -0.278 e. The first kappa shape index (κ1) is 14.0. The van der Waals surface area contributed by atoms with Gasteiger partial charge in [-0.1, -0.05) is 0 Å². The topological polar surface area (TPSA) is 35.6 Å². The zero-order valence-electron chi connectivity index (χ0n) is 11.6. The molecule has 0 unspecified atom stereocenters. The molecule has 4 nitrogen and oxygen atoms in total. The number of aryl methyl sites for hydroxylation is 3. The summed E-state index contributed by atoms with van der Waals surface area (Å²) in [6, 6.07) is 3.47. The van der Waals surface area contributed by atoms with Gasteiger partial charge in [0.05, 0.1) is 11.4 Å². The molecule has 0 bridgehead atoms. The van der Waals surface area contributed by atoms with Crippen molar-refractivity contribution in [1.29, 1.82) is 0 Å². The first-order chi connectivity index (χ1) is 10.0. The Morgan fingerprint density at radius 3 is 2.71 bits per heavy atom. The van der Waals surface area contributed by atoms with Crippen LogP contribution in [0.1, 0.15) is 11.5 Å². The van der Waals surface area contributed by atoms with Gasteiger partial charge < -0.3 is 0 Å². The lowest BCUT2D eigenvalue weighted by atomic mass is 10.3. The molecule has 2 heterocycles. The van der Waals surface area contributed by atoms with E-state index in [9.17, 15) is 8.78 Å². The standard InChI is InChI=1S/C14H13ClF2N4/c1-8-13-14(20(2)19-8)21(12(18-13)5-6-15)11-4-3-9(16)7-10(11)17/h3-4,7H,5-6H2,1-2H3. The average molecular weight is 311 g/mol. The van der Waals surface area contributed by atoms with Gasteiger partial charge in [0.15, 0.2) is 5.65 Å². The molecule has 0 saturated heterocycles. The fourth-order valence-corrected chi connectivity index (χ4v) is 2.65. The van der Waals surface area contributed by atoms with Crippen LogP contribution in [-0.4, -0.2) is 25.2 Å². The molecule has 7 heteroatoms. The van der Waals surface area contributed by atoms with E-state index in [2.05, 4.69) is 10.1 Å². The highest BCUT2D eigenvalue weighted by atomic mass is 35.5. The number of hydrogen-bond donors (Lipinski definition) is 0. The Morgan fingerprint density at radius 1 is 1.29 bits per heavy atom. The van der Waals surface area contributed by atoms with Gasteiger partial charge in [0.25, 0.3) is 0 Å². The summed E-state index contributed by atoms with van der Waals surface area (Å²) in [5.74, 6) is -0.281. The van der Waals surface area contributed by atoms with Crippen molar-refractivity contribution in [2.24, 2.45) is 7.05 Å². The van der Waals surface area contributed by atoms with Crippen molar-refractivity contribution in [3.8, 4) is 5.69 Å². The van der Waals surface area contributed by atoms with E-state index in [4.69, 9.17) is 11.6 Å². The van der Waals surface area contributed by atoms with Crippen LogP contribution in [0.5, 0.6) is 0 Å². The van der Waals surface area contributed by atoms with Crippen molar-refractivity contribution in [3.63, 3.8) is 0 Å². The van der Waals surface area contributed by atoms with E-state index in [1.165, 1.54) is 12.1 Å². The first-order valence-electron chi connectivity index (χ1n) is 6.45. The van der Waals surface area contributed by atoms with Crippen LogP contribution in [0.3, 0.4) is 0 Å². The molecule has 0 atom stereocenters. The Labute approximate surface area is 125 Å². The van der Waals surface area contributed by atoms with Crippen molar-refractivity contribution in [1.82, 2.24) is 19.3 Å². The second-order valence-electron chi connectivity index (χ2n) is 4.78. The van der Waals surface area contributed by atoms with Gasteiger partial charge in [-0.15, -0.1) is 11.6 Å². The Balaban J connectivity index is 2.35. The fourth-order valence-electron chi connectivity index (χ4n) is 2.49. The van der Waals surface area contributed by atoms with E-state index in [-0.39, 0.29) is 5.69 Å². The molecule has 0 aliphatic heterocycles. The molecule has 0 saturated carbocycles. The second-order valence-corrected chi connectivity index (χ2v) is 5.16. The minimum atomic E-state index is -0.649. The van der Waals surface area contributed by atoms with E-state index in [1.54, 1.807) is 16.3 Å². The van der Waals surface area contributed by atoms with Gasteiger partial charge in [0.1, 0.15) is 23.0 Å². The van der Waals surface area contributed by atoms with E-state index in [0.29, 0.717) is 29.3 Å². The van der Waals surface area contributed by atoms with E-state index in [0.717, 1.165) is 11.8 Å². The molecule has 3 rings (SSSR count). The molecule has 0 aliphatic rings. The highest BCUT2D eigenvalue weighted by Gasteiger charge is 2.20. The molecular weight excluding hydrogens is 298 g/mol. The number of nitrogens with zero attached hydrogens (tertiary/aromatic N) is 4. The van der Waals surface area contributed by atoms with Crippen LogP contribution in [0, 0.1) is 18.6 Å². The van der Waals surface area contributed by atoms with Crippen LogP contribution in [0.2, 0.25) is 0 Å².